The molecule has 0 spiro atoms. The highest BCUT2D eigenvalue weighted by atomic mass is 16.5. The lowest BCUT2D eigenvalue weighted by Gasteiger charge is -1.93. The summed E-state index contributed by atoms with van der Waals surface area (Å²) in [5.41, 5.74) is 0. The van der Waals surface area contributed by atoms with Gasteiger partial charge in [-0.15, -0.1) is 0 Å². The molecule has 0 aromatic carbocycles. The number of aliphatic carboxylic acids is 2. The Labute approximate surface area is 87.2 Å². The third-order valence-corrected chi connectivity index (χ3v) is 0.962. The van der Waals surface area contributed by atoms with Crippen molar-refractivity contribution in [3.8, 4) is 0 Å². The van der Waals surface area contributed by atoms with Crippen molar-refractivity contribution in [2.75, 3.05) is 6.61 Å². The molecule has 0 saturated heterocycles. The summed E-state index contributed by atoms with van der Waals surface area (Å²) in [6.45, 7) is 4.07. The summed E-state index contributed by atoms with van der Waals surface area (Å²) in [6, 6.07) is 0. The molecule has 0 bridgehead atoms. The molecule has 2 N–H and O–H groups in total. The number of hydrogen-bond acceptors (Lipinski definition) is 4. The van der Waals surface area contributed by atoms with Gasteiger partial charge in [-0.1, -0.05) is 6.92 Å². The second kappa shape index (κ2) is 10.2. The maximum atomic E-state index is 10.2. The van der Waals surface area contributed by atoms with E-state index in [1.54, 1.807) is 13.8 Å². The molecule has 0 saturated carbocycles. The van der Waals surface area contributed by atoms with E-state index < -0.39 is 11.9 Å². The van der Waals surface area contributed by atoms with Crippen LogP contribution < -0.4 is 0 Å². The minimum absolute atomic E-state index is 0.123. The Balaban J connectivity index is 0. The van der Waals surface area contributed by atoms with Crippen molar-refractivity contribution < 1.29 is 29.3 Å². The van der Waals surface area contributed by atoms with Gasteiger partial charge in [-0.2, -0.15) is 0 Å². The van der Waals surface area contributed by atoms with E-state index in [4.69, 9.17) is 10.2 Å². The molecule has 0 radical (unpaired) electrons. The monoisotopic (exact) mass is 218 g/mol. The second-order valence-electron chi connectivity index (χ2n) is 2.17. The summed E-state index contributed by atoms with van der Waals surface area (Å²) < 4.78 is 4.55. The van der Waals surface area contributed by atoms with E-state index in [9.17, 15) is 14.4 Å². The van der Waals surface area contributed by atoms with Crippen LogP contribution in [0.4, 0.5) is 0 Å². The van der Waals surface area contributed by atoms with Crippen molar-refractivity contribution in [2.24, 2.45) is 0 Å². The number of carboxylic acids is 2. The van der Waals surface area contributed by atoms with E-state index in [1.807, 2.05) is 0 Å². The fraction of sp³-hybridized carbons (Fsp3) is 0.444. The average Bonchev–Trinajstić information content (AvgIpc) is 2.16. The predicted octanol–water partition coefficient (Wildman–Crippen LogP) is 0.671. The molecule has 0 aromatic rings. The van der Waals surface area contributed by atoms with Crippen LogP contribution in [-0.4, -0.2) is 34.7 Å². The molecule has 0 amide bonds. The van der Waals surface area contributed by atoms with Crippen LogP contribution in [-0.2, 0) is 19.1 Å². The highest BCUT2D eigenvalue weighted by Crippen LogP contribution is 1.80. The molecule has 0 aromatic heterocycles. The molecule has 0 aliphatic heterocycles. The van der Waals surface area contributed by atoms with Crippen molar-refractivity contribution in [1.29, 1.82) is 0 Å². The van der Waals surface area contributed by atoms with Crippen LogP contribution in [0.15, 0.2) is 12.2 Å². The number of rotatable bonds is 4. The van der Waals surface area contributed by atoms with Gasteiger partial charge in [0, 0.05) is 18.6 Å². The van der Waals surface area contributed by atoms with Gasteiger partial charge in [0.25, 0.3) is 0 Å². The van der Waals surface area contributed by atoms with Gasteiger partial charge in [0.05, 0.1) is 6.61 Å². The van der Waals surface area contributed by atoms with Crippen LogP contribution >= 0.6 is 0 Å². The molecule has 0 unspecified atom stereocenters. The minimum Gasteiger partial charge on any atom is -0.478 e. The summed E-state index contributed by atoms with van der Waals surface area (Å²) in [5.74, 6) is -2.64. The zero-order valence-electron chi connectivity index (χ0n) is 8.60. The third-order valence-electron chi connectivity index (χ3n) is 0.962. The molecule has 0 aliphatic rings. The molecule has 0 aliphatic carbocycles. The van der Waals surface area contributed by atoms with E-state index >= 15 is 0 Å². The molecule has 86 valence electrons. The van der Waals surface area contributed by atoms with Gasteiger partial charge in [-0.05, 0) is 6.92 Å². The first-order valence-electron chi connectivity index (χ1n) is 4.23. The van der Waals surface area contributed by atoms with E-state index in [0.29, 0.717) is 25.2 Å². The van der Waals surface area contributed by atoms with Crippen LogP contribution in [0.25, 0.3) is 0 Å². The molecular weight excluding hydrogens is 204 g/mol. The maximum absolute atomic E-state index is 10.2. The Morgan fingerprint density at radius 1 is 1.07 bits per heavy atom. The summed E-state index contributed by atoms with van der Waals surface area (Å²) in [6.07, 6.45) is 1.60. The van der Waals surface area contributed by atoms with Crippen molar-refractivity contribution in [1.82, 2.24) is 0 Å². The van der Waals surface area contributed by atoms with Crippen LogP contribution in [0, 0.1) is 0 Å². The molecule has 0 rings (SSSR count). The molecule has 6 nitrogen and oxygen atoms in total. The van der Waals surface area contributed by atoms with E-state index in [1.165, 1.54) is 0 Å². The van der Waals surface area contributed by atoms with Crippen LogP contribution in [0.2, 0.25) is 0 Å². The predicted molar refractivity (Wildman–Crippen MR) is 51.3 cm³/mol. The van der Waals surface area contributed by atoms with Crippen LogP contribution in [0.1, 0.15) is 20.3 Å². The van der Waals surface area contributed by atoms with Gasteiger partial charge in [-0.3, -0.25) is 4.79 Å². The molecule has 0 fully saturated rings. The van der Waals surface area contributed by atoms with Gasteiger partial charge in [0.1, 0.15) is 0 Å². The molecule has 6 heteroatoms. The van der Waals surface area contributed by atoms with Crippen molar-refractivity contribution >= 4 is 17.9 Å². The zero-order chi connectivity index (χ0) is 12.3. The maximum Gasteiger partial charge on any atom is 0.328 e. The Kier molecular flexibility index (Phi) is 10.7. The summed E-state index contributed by atoms with van der Waals surface area (Å²) >= 11 is 0. The lowest BCUT2D eigenvalue weighted by Crippen LogP contribution is -2.00. The molecular formula is C9H14O6. The van der Waals surface area contributed by atoms with Gasteiger partial charge >= 0.3 is 17.9 Å². The van der Waals surface area contributed by atoms with Gasteiger partial charge in [0.15, 0.2) is 0 Å². The van der Waals surface area contributed by atoms with Crippen LogP contribution in [0.5, 0.6) is 0 Å². The Bertz CT molecular complexity index is 227. The van der Waals surface area contributed by atoms with E-state index in [-0.39, 0.29) is 5.97 Å². The zero-order valence-corrected chi connectivity index (χ0v) is 8.60. The second-order valence-corrected chi connectivity index (χ2v) is 2.17. The first kappa shape index (κ1) is 15.6. The quantitative estimate of drug-likeness (QED) is 0.531. The third kappa shape index (κ3) is 18.8. The normalized spacial score (nSPS) is 8.93. The number of carbonyl (C=O) groups is 3. The molecule has 0 heterocycles. The van der Waals surface area contributed by atoms with Gasteiger partial charge in [0.2, 0.25) is 0 Å². The largest absolute Gasteiger partial charge is 0.478 e. The number of esters is 1. The summed E-state index contributed by atoms with van der Waals surface area (Å²) in [4.78, 5) is 29.3. The lowest BCUT2D eigenvalue weighted by molar-refractivity contribution is -0.142. The van der Waals surface area contributed by atoms with Crippen LogP contribution in [0.3, 0.4) is 0 Å². The van der Waals surface area contributed by atoms with Crippen molar-refractivity contribution in [3.63, 3.8) is 0 Å². The lowest BCUT2D eigenvalue weighted by atomic mass is 10.5. The smallest absolute Gasteiger partial charge is 0.328 e. The summed E-state index contributed by atoms with van der Waals surface area (Å²) in [7, 11) is 0. The van der Waals surface area contributed by atoms with E-state index in [0.717, 1.165) is 0 Å². The first-order valence-corrected chi connectivity index (χ1v) is 4.23. The molecule has 15 heavy (non-hydrogen) atoms. The number of carbonyl (C=O) groups excluding carboxylic acids is 1. The SMILES string of the molecule is CCOC(=O)CC.O=C(O)/C=C/C(=O)O. The van der Waals surface area contributed by atoms with Crippen molar-refractivity contribution in [2.45, 2.75) is 20.3 Å². The van der Waals surface area contributed by atoms with Gasteiger partial charge in [-0.25, -0.2) is 9.59 Å². The number of carboxylic acid groups (broad SMARTS) is 2. The van der Waals surface area contributed by atoms with E-state index in [2.05, 4.69) is 4.74 Å². The number of ether oxygens (including phenoxy) is 1. The Morgan fingerprint density at radius 3 is 1.60 bits per heavy atom. The Hall–Kier alpha value is -1.85. The highest BCUT2D eigenvalue weighted by molar-refractivity contribution is 5.89. The topological polar surface area (TPSA) is 101 Å². The highest BCUT2D eigenvalue weighted by Gasteiger charge is 1.91. The standard InChI is InChI=1S/C5H10O2.C4H4O4/c1-3-5(6)7-4-2;5-3(6)1-2-4(7)8/h3-4H2,1-2H3;1-2H,(H,5,6)(H,7,8)/b;2-1+. The fourth-order valence-electron chi connectivity index (χ4n) is 0.406. The first-order chi connectivity index (χ1) is 6.93. The fourth-order valence-corrected chi connectivity index (χ4v) is 0.406. The minimum atomic E-state index is -1.26. The number of hydrogen-bond donors (Lipinski definition) is 2. The average molecular weight is 218 g/mol. The Morgan fingerprint density at radius 2 is 1.47 bits per heavy atom. The van der Waals surface area contributed by atoms with Gasteiger partial charge < -0.3 is 14.9 Å². The molecule has 0 atom stereocenters. The van der Waals surface area contributed by atoms with Crippen molar-refractivity contribution in [3.05, 3.63) is 12.2 Å². The summed E-state index contributed by atoms with van der Waals surface area (Å²) in [5, 5.41) is 15.6.